The Kier molecular flexibility index (Phi) is 8.84. The number of rotatable bonds is 8. The molecule has 2 atom stereocenters. The fraction of sp³-hybridized carbons (Fsp3) is 0.273. The van der Waals surface area contributed by atoms with Crippen LogP contribution in [0.5, 0.6) is 0 Å². The molecule has 2 rings (SSSR count). The molecule has 13 nitrogen and oxygen atoms in total. The van der Waals surface area contributed by atoms with Crippen molar-refractivity contribution in [1.29, 1.82) is 0 Å². The number of aliphatic carboxylic acids is 1. The average molecular weight is 495 g/mol. The van der Waals surface area contributed by atoms with Crippen LogP contribution in [0.3, 0.4) is 0 Å². The van der Waals surface area contributed by atoms with Crippen LogP contribution < -0.4 is 11.1 Å². The number of oxime groups is 1. The molecule has 5 N–H and O–H groups in total. The van der Waals surface area contributed by atoms with Crippen molar-refractivity contribution in [1.82, 2.24) is 15.4 Å². The zero-order valence-electron chi connectivity index (χ0n) is 13.5. The molecule has 0 bridgehead atoms. The number of carbonyl (C=O) groups is 3. The summed E-state index contributed by atoms with van der Waals surface area (Å²) >= 11 is -1.70. The van der Waals surface area contributed by atoms with E-state index in [0.717, 1.165) is 11.3 Å². The molecule has 1 saturated heterocycles. The van der Waals surface area contributed by atoms with E-state index in [4.69, 9.17) is 15.4 Å². The zero-order valence-corrected chi connectivity index (χ0v) is 18.0. The molecule has 27 heavy (non-hydrogen) atoms. The number of nitrogen functional groups attached to an aromatic ring is 1. The number of aromatic nitrogens is 1. The van der Waals surface area contributed by atoms with Crippen molar-refractivity contribution in [3.8, 4) is 0 Å². The Hall–Kier alpha value is -1.52. The molecule has 1 aliphatic heterocycles. The van der Waals surface area contributed by atoms with Gasteiger partial charge < -0.3 is 26.1 Å². The number of hydrogen-bond acceptors (Lipinski definition) is 10. The molecule has 1 aliphatic rings. The Bertz CT molecular complexity index is 787. The molecule has 16 heteroatoms. The van der Waals surface area contributed by atoms with Gasteiger partial charge in [0.1, 0.15) is 5.69 Å². The first-order valence-corrected chi connectivity index (χ1v) is 8.52. The Balaban J connectivity index is 0.00000364. The minimum atomic E-state index is -2.71. The van der Waals surface area contributed by atoms with Crippen LogP contribution in [-0.4, -0.2) is 60.1 Å². The van der Waals surface area contributed by atoms with Gasteiger partial charge in [-0.2, -0.15) is 21.5 Å². The maximum absolute atomic E-state index is 12.4. The van der Waals surface area contributed by atoms with Gasteiger partial charge >= 0.3 is 17.3 Å². The quantitative estimate of drug-likeness (QED) is 0.108. The van der Waals surface area contributed by atoms with E-state index in [2.05, 4.69) is 24.6 Å². The van der Waals surface area contributed by atoms with Gasteiger partial charge in [-0.3, -0.25) is 14.1 Å². The van der Waals surface area contributed by atoms with Crippen LogP contribution in [0.15, 0.2) is 10.5 Å². The van der Waals surface area contributed by atoms with E-state index >= 15 is 0 Å². The largest absolute Gasteiger partial charge is 0.479 e. The van der Waals surface area contributed by atoms with Gasteiger partial charge in [-0.15, -0.1) is 11.3 Å². The van der Waals surface area contributed by atoms with Gasteiger partial charge in [0.25, 0.3) is 5.91 Å². The standard InChI is InChI=1S/C11H12N5O8S2.Y/c1-4-7(10(20)16(4)24-26(21)22)14-9(19)8(15-23-2-6(17)18)5-3-25-11(12)13-5;/h3,7H,2H2,1H3,(H2,12,13)(H,14,19)(H,17,18)(H,21,22);/q-1;/b15-8-;/t7-;/m0./s1. The Morgan fingerprint density at radius 3 is 2.74 bits per heavy atom. The van der Waals surface area contributed by atoms with Crippen molar-refractivity contribution < 1.29 is 70.1 Å². The smallest absolute Gasteiger partial charge is 0.344 e. The molecule has 0 saturated carbocycles. The third-order valence-electron chi connectivity index (χ3n) is 2.92. The fourth-order valence-corrected chi connectivity index (χ4v) is 2.67. The Labute approximate surface area is 183 Å². The summed E-state index contributed by atoms with van der Waals surface area (Å²) in [4.78, 5) is 43.1. The molecular weight excluding hydrogens is 483 g/mol. The zero-order chi connectivity index (χ0) is 19.4. The van der Waals surface area contributed by atoms with Gasteiger partial charge in [-0.1, -0.05) is 5.16 Å². The summed E-state index contributed by atoms with van der Waals surface area (Å²) in [5.41, 5.74) is 5.11. The van der Waals surface area contributed by atoms with E-state index in [1.807, 2.05) is 0 Å². The first-order valence-electron chi connectivity index (χ1n) is 6.61. The third-order valence-corrected chi connectivity index (χ3v) is 3.87. The normalized spacial score (nSPS) is 18.3. The van der Waals surface area contributed by atoms with Gasteiger partial charge in [-0.05, 0) is 0 Å². The molecule has 1 unspecified atom stereocenters. The summed E-state index contributed by atoms with van der Waals surface area (Å²) in [6, 6.07) is -0.985. The number of hydrogen-bond donors (Lipinski definition) is 4. The van der Waals surface area contributed by atoms with Crippen LogP contribution in [0.25, 0.3) is 0 Å². The van der Waals surface area contributed by atoms with Crippen molar-refractivity contribution >= 4 is 51.3 Å². The van der Waals surface area contributed by atoms with Crippen LogP contribution in [0.1, 0.15) is 12.6 Å². The SMILES string of the molecule is C[C-]1[C@H](NC(=O)/C(=N\OCC(=O)O)c2csc(N)n2)C(=O)N1OS(=O)O.[Y]. The molecule has 2 amide bonds. The molecule has 0 spiro atoms. The first kappa shape index (κ1) is 23.5. The molecule has 2 heterocycles. The van der Waals surface area contributed by atoms with Gasteiger partial charge in [0.05, 0.1) is 0 Å². The average Bonchev–Trinajstić information content (AvgIpc) is 2.99. The number of nitrogens with zero attached hydrogens (tertiary/aromatic N) is 3. The molecular formula is C11H12N5O8S2Y-. The second kappa shape index (κ2) is 10.1. The topological polar surface area (TPSA) is 194 Å². The predicted octanol–water partition coefficient (Wildman–Crippen LogP) is -1.52. The molecule has 145 valence electrons. The number of nitrogens with one attached hydrogen (secondary N) is 1. The number of amides is 2. The summed E-state index contributed by atoms with van der Waals surface area (Å²) in [6.07, 6.45) is 0. The molecule has 0 aromatic carbocycles. The van der Waals surface area contributed by atoms with E-state index < -0.39 is 47.5 Å². The number of nitrogens with two attached hydrogens (primary N) is 1. The Morgan fingerprint density at radius 2 is 2.26 bits per heavy atom. The summed E-state index contributed by atoms with van der Waals surface area (Å²) in [7, 11) is 0. The third kappa shape index (κ3) is 5.98. The number of hydroxylamine groups is 2. The van der Waals surface area contributed by atoms with Crippen LogP contribution in [0.2, 0.25) is 0 Å². The molecule has 1 aromatic heterocycles. The van der Waals surface area contributed by atoms with Gasteiger partial charge in [0.15, 0.2) is 10.8 Å². The molecule has 1 aromatic rings. The summed E-state index contributed by atoms with van der Waals surface area (Å²) in [6.45, 7) is 0.589. The second-order valence-electron chi connectivity index (χ2n) is 4.65. The van der Waals surface area contributed by atoms with Gasteiger partial charge in [0.2, 0.25) is 12.5 Å². The van der Waals surface area contributed by atoms with Crippen molar-refractivity contribution in [2.24, 2.45) is 5.16 Å². The monoisotopic (exact) mass is 495 g/mol. The maximum atomic E-state index is 12.4. The number of anilines is 1. The number of carboxylic acids is 1. The maximum Gasteiger partial charge on any atom is 0.344 e. The van der Waals surface area contributed by atoms with Crippen LogP contribution in [0, 0.1) is 6.04 Å². The van der Waals surface area contributed by atoms with Gasteiger partial charge in [0, 0.05) is 44.1 Å². The van der Waals surface area contributed by atoms with Crippen LogP contribution in [-0.2, 0) is 67.6 Å². The van der Waals surface area contributed by atoms with Crippen molar-refractivity contribution in [3.63, 3.8) is 0 Å². The van der Waals surface area contributed by atoms with Crippen molar-refractivity contribution in [3.05, 3.63) is 17.1 Å². The minimum absolute atomic E-state index is 0. The Morgan fingerprint density at radius 1 is 1.59 bits per heavy atom. The minimum Gasteiger partial charge on any atom is -0.479 e. The number of carboxylic acid groups (broad SMARTS) is 1. The van der Waals surface area contributed by atoms with Crippen molar-refractivity contribution in [2.45, 2.75) is 13.0 Å². The molecule has 1 fully saturated rings. The van der Waals surface area contributed by atoms with E-state index in [-0.39, 0.29) is 49.6 Å². The predicted molar refractivity (Wildman–Crippen MR) is 86.2 cm³/mol. The second-order valence-corrected chi connectivity index (χ2v) is 6.12. The number of carbonyl (C=O) groups excluding carboxylic acids is 2. The van der Waals surface area contributed by atoms with Crippen LogP contribution >= 0.6 is 11.3 Å². The van der Waals surface area contributed by atoms with E-state index in [9.17, 15) is 18.6 Å². The summed E-state index contributed by atoms with van der Waals surface area (Å²) in [5.74, 6) is -3.00. The van der Waals surface area contributed by atoms with E-state index in [1.54, 1.807) is 0 Å². The van der Waals surface area contributed by atoms with Crippen molar-refractivity contribution in [2.75, 3.05) is 12.3 Å². The number of β-lactam (4-membered cyclic amide) rings is 1. The fourth-order valence-electron chi connectivity index (χ4n) is 1.80. The molecule has 0 aliphatic carbocycles. The molecule has 1 radical (unpaired) electrons. The van der Waals surface area contributed by atoms with E-state index in [0.29, 0.717) is 5.06 Å². The number of thiazole rings is 1. The summed E-state index contributed by atoms with van der Waals surface area (Å²) in [5, 5.41) is 16.4. The van der Waals surface area contributed by atoms with Gasteiger partial charge in [-0.25, -0.2) is 9.78 Å². The van der Waals surface area contributed by atoms with E-state index in [1.165, 1.54) is 12.3 Å². The summed E-state index contributed by atoms with van der Waals surface area (Å²) < 4.78 is 23.5. The first-order chi connectivity index (χ1) is 12.2. The van der Waals surface area contributed by atoms with Crippen LogP contribution in [0.4, 0.5) is 5.13 Å².